The van der Waals surface area contributed by atoms with E-state index in [-0.39, 0.29) is 0 Å². The number of hydrogen-bond donors (Lipinski definition) is 0. The Labute approximate surface area is 111 Å². The smallest absolute Gasteiger partial charge is 0.126 e. The Morgan fingerprint density at radius 3 is 2.65 bits per heavy atom. The molecule has 0 heterocycles. The summed E-state index contributed by atoms with van der Waals surface area (Å²) >= 11 is 3.74. The van der Waals surface area contributed by atoms with Crippen molar-refractivity contribution in [3.05, 3.63) is 23.8 Å². The van der Waals surface area contributed by atoms with Crippen molar-refractivity contribution in [3.8, 4) is 11.5 Å². The third-order valence-corrected chi connectivity index (χ3v) is 4.32. The number of methoxy groups -OCH3 is 2. The summed E-state index contributed by atoms with van der Waals surface area (Å²) < 4.78 is 10.7. The monoisotopic (exact) mass is 298 g/mol. The Kier molecular flexibility index (Phi) is 4.32. The Morgan fingerprint density at radius 2 is 2.00 bits per heavy atom. The Bertz CT molecular complexity index is 378. The molecule has 1 aromatic carbocycles. The molecule has 2 unspecified atom stereocenters. The number of halogens is 1. The lowest BCUT2D eigenvalue weighted by Gasteiger charge is -2.27. The SMILES string of the molecule is COc1ccc(C2CCCC(Br)C2)c(OC)c1. The Balaban J connectivity index is 2.24. The Hall–Kier alpha value is -0.700. The molecular formula is C14H19BrO2. The van der Waals surface area contributed by atoms with Crippen molar-refractivity contribution in [2.24, 2.45) is 0 Å². The van der Waals surface area contributed by atoms with Crippen LogP contribution in [0.3, 0.4) is 0 Å². The molecule has 17 heavy (non-hydrogen) atoms. The maximum atomic E-state index is 5.48. The van der Waals surface area contributed by atoms with Crippen LogP contribution in [0.25, 0.3) is 0 Å². The van der Waals surface area contributed by atoms with E-state index < -0.39 is 0 Å². The minimum Gasteiger partial charge on any atom is -0.497 e. The standard InChI is InChI=1S/C14H19BrO2/c1-16-12-6-7-13(14(9-12)17-2)10-4-3-5-11(15)8-10/h6-7,9-11H,3-5,8H2,1-2H3. The molecule has 1 saturated carbocycles. The molecule has 0 bridgehead atoms. The van der Waals surface area contributed by atoms with E-state index in [4.69, 9.17) is 9.47 Å². The highest BCUT2D eigenvalue weighted by molar-refractivity contribution is 9.09. The van der Waals surface area contributed by atoms with Crippen molar-refractivity contribution in [1.29, 1.82) is 0 Å². The van der Waals surface area contributed by atoms with E-state index in [2.05, 4.69) is 22.0 Å². The van der Waals surface area contributed by atoms with Gasteiger partial charge in [-0.15, -0.1) is 0 Å². The molecule has 94 valence electrons. The summed E-state index contributed by atoms with van der Waals surface area (Å²) in [5, 5.41) is 0. The topological polar surface area (TPSA) is 18.5 Å². The van der Waals surface area contributed by atoms with Crippen molar-refractivity contribution >= 4 is 15.9 Å². The lowest BCUT2D eigenvalue weighted by Crippen LogP contribution is -2.14. The van der Waals surface area contributed by atoms with Gasteiger partial charge in [0, 0.05) is 10.9 Å². The molecule has 2 rings (SSSR count). The third-order valence-electron chi connectivity index (χ3n) is 3.49. The van der Waals surface area contributed by atoms with Crippen molar-refractivity contribution in [1.82, 2.24) is 0 Å². The number of hydrogen-bond acceptors (Lipinski definition) is 2. The molecule has 0 radical (unpaired) electrons. The molecule has 2 nitrogen and oxygen atoms in total. The Morgan fingerprint density at radius 1 is 1.18 bits per heavy atom. The fraction of sp³-hybridized carbons (Fsp3) is 0.571. The predicted molar refractivity (Wildman–Crippen MR) is 73.5 cm³/mol. The highest BCUT2D eigenvalue weighted by atomic mass is 79.9. The van der Waals surface area contributed by atoms with Crippen molar-refractivity contribution in [2.75, 3.05) is 14.2 Å². The van der Waals surface area contributed by atoms with Crippen molar-refractivity contribution < 1.29 is 9.47 Å². The second-order valence-electron chi connectivity index (χ2n) is 4.57. The molecule has 0 amide bonds. The minimum atomic E-state index is 0.606. The van der Waals surface area contributed by atoms with Gasteiger partial charge in [0.15, 0.2) is 0 Å². The molecule has 0 spiro atoms. The van der Waals surface area contributed by atoms with Crippen LogP contribution in [0, 0.1) is 0 Å². The van der Waals surface area contributed by atoms with Gasteiger partial charge >= 0.3 is 0 Å². The molecule has 1 aliphatic carbocycles. The third kappa shape index (κ3) is 2.95. The van der Waals surface area contributed by atoms with Crippen LogP contribution < -0.4 is 9.47 Å². The molecule has 0 N–H and O–H groups in total. The predicted octanol–water partition coefficient (Wildman–Crippen LogP) is 4.12. The number of ether oxygens (including phenoxy) is 2. The van der Waals surface area contributed by atoms with E-state index in [1.807, 2.05) is 12.1 Å². The van der Waals surface area contributed by atoms with Crippen LogP contribution in [0.1, 0.15) is 37.2 Å². The van der Waals surface area contributed by atoms with Gasteiger partial charge in [0.1, 0.15) is 11.5 Å². The van der Waals surface area contributed by atoms with Gasteiger partial charge in [-0.3, -0.25) is 0 Å². The summed E-state index contributed by atoms with van der Waals surface area (Å²) in [6.45, 7) is 0. The average molecular weight is 299 g/mol. The van der Waals surface area contributed by atoms with Crippen LogP contribution >= 0.6 is 15.9 Å². The fourth-order valence-corrected chi connectivity index (χ4v) is 3.34. The zero-order chi connectivity index (χ0) is 12.3. The zero-order valence-electron chi connectivity index (χ0n) is 10.4. The van der Waals surface area contributed by atoms with Gasteiger partial charge in [-0.1, -0.05) is 28.4 Å². The molecular weight excluding hydrogens is 280 g/mol. The number of benzene rings is 1. The van der Waals surface area contributed by atoms with Crippen LogP contribution in [0.2, 0.25) is 0 Å². The van der Waals surface area contributed by atoms with Crippen LogP contribution in [0.15, 0.2) is 18.2 Å². The van der Waals surface area contributed by atoms with Gasteiger partial charge in [0.25, 0.3) is 0 Å². The largest absolute Gasteiger partial charge is 0.497 e. The van der Waals surface area contributed by atoms with E-state index in [1.165, 1.54) is 31.2 Å². The van der Waals surface area contributed by atoms with Crippen LogP contribution in [0.5, 0.6) is 11.5 Å². The maximum absolute atomic E-state index is 5.48. The molecule has 1 aliphatic rings. The van der Waals surface area contributed by atoms with Crippen LogP contribution in [0.4, 0.5) is 0 Å². The summed E-state index contributed by atoms with van der Waals surface area (Å²) in [5.74, 6) is 2.42. The molecule has 1 aromatic rings. The highest BCUT2D eigenvalue weighted by Crippen LogP contribution is 2.40. The first-order valence-corrected chi connectivity index (χ1v) is 7.02. The molecule has 0 saturated heterocycles. The molecule has 2 atom stereocenters. The lowest BCUT2D eigenvalue weighted by molar-refractivity contribution is 0.379. The van der Waals surface area contributed by atoms with E-state index >= 15 is 0 Å². The van der Waals surface area contributed by atoms with E-state index in [9.17, 15) is 0 Å². The summed E-state index contributed by atoms with van der Waals surface area (Å²) in [7, 11) is 3.41. The highest BCUT2D eigenvalue weighted by Gasteiger charge is 2.23. The van der Waals surface area contributed by atoms with E-state index in [0.29, 0.717) is 10.7 Å². The lowest BCUT2D eigenvalue weighted by atomic mass is 9.83. The molecule has 0 aromatic heterocycles. The van der Waals surface area contributed by atoms with Crippen LogP contribution in [-0.4, -0.2) is 19.0 Å². The van der Waals surface area contributed by atoms with Gasteiger partial charge in [-0.05, 0) is 36.8 Å². The first kappa shape index (κ1) is 12.7. The van der Waals surface area contributed by atoms with Gasteiger partial charge in [0.05, 0.1) is 14.2 Å². The van der Waals surface area contributed by atoms with E-state index in [0.717, 1.165) is 11.5 Å². The van der Waals surface area contributed by atoms with Crippen molar-refractivity contribution in [2.45, 2.75) is 36.4 Å². The van der Waals surface area contributed by atoms with Gasteiger partial charge < -0.3 is 9.47 Å². The van der Waals surface area contributed by atoms with Gasteiger partial charge in [-0.25, -0.2) is 0 Å². The number of rotatable bonds is 3. The minimum absolute atomic E-state index is 0.606. The summed E-state index contributed by atoms with van der Waals surface area (Å²) in [6.07, 6.45) is 5.03. The quantitative estimate of drug-likeness (QED) is 0.781. The van der Waals surface area contributed by atoms with Gasteiger partial charge in [0.2, 0.25) is 0 Å². The molecule has 0 aliphatic heterocycles. The molecule has 3 heteroatoms. The summed E-state index contributed by atoms with van der Waals surface area (Å²) in [4.78, 5) is 0.646. The molecule has 1 fully saturated rings. The van der Waals surface area contributed by atoms with E-state index in [1.54, 1.807) is 14.2 Å². The number of alkyl halides is 1. The van der Waals surface area contributed by atoms with Crippen molar-refractivity contribution in [3.63, 3.8) is 0 Å². The van der Waals surface area contributed by atoms with Gasteiger partial charge in [-0.2, -0.15) is 0 Å². The summed E-state index contributed by atoms with van der Waals surface area (Å²) in [6, 6.07) is 6.15. The fourth-order valence-electron chi connectivity index (χ4n) is 2.57. The zero-order valence-corrected chi connectivity index (χ0v) is 12.0. The average Bonchev–Trinajstić information content (AvgIpc) is 2.38. The summed E-state index contributed by atoms with van der Waals surface area (Å²) in [5.41, 5.74) is 1.32. The second kappa shape index (κ2) is 5.76. The normalized spacial score (nSPS) is 24.4. The first-order chi connectivity index (χ1) is 8.24. The second-order valence-corrected chi connectivity index (χ2v) is 5.86. The van der Waals surface area contributed by atoms with Crippen LogP contribution in [-0.2, 0) is 0 Å². The maximum Gasteiger partial charge on any atom is 0.126 e. The first-order valence-electron chi connectivity index (χ1n) is 6.10.